The van der Waals surface area contributed by atoms with Crippen molar-refractivity contribution in [3.05, 3.63) is 50.9 Å². The van der Waals surface area contributed by atoms with Gasteiger partial charge in [0.1, 0.15) is 11.0 Å². The van der Waals surface area contributed by atoms with Crippen LogP contribution in [-0.4, -0.2) is 15.9 Å². The highest BCUT2D eigenvalue weighted by molar-refractivity contribution is 6.35. The van der Waals surface area contributed by atoms with Crippen LogP contribution in [0.25, 0.3) is 0 Å². The van der Waals surface area contributed by atoms with Gasteiger partial charge in [-0.15, -0.1) is 0 Å². The first-order valence-corrected chi connectivity index (χ1v) is 6.37. The zero-order valence-electron chi connectivity index (χ0n) is 9.75. The highest BCUT2D eigenvalue weighted by atomic mass is 35.5. The van der Waals surface area contributed by atoms with E-state index in [1.165, 1.54) is 6.07 Å². The van der Waals surface area contributed by atoms with Crippen LogP contribution in [-0.2, 0) is 0 Å². The van der Waals surface area contributed by atoms with Crippen LogP contribution < -0.4 is 5.32 Å². The third kappa shape index (κ3) is 3.35. The molecule has 0 saturated heterocycles. The second-order valence-corrected chi connectivity index (χ2v) is 4.84. The number of carbonyl (C=O) groups is 1. The van der Waals surface area contributed by atoms with E-state index in [9.17, 15) is 4.79 Å². The van der Waals surface area contributed by atoms with Crippen molar-refractivity contribution < 1.29 is 4.79 Å². The van der Waals surface area contributed by atoms with Gasteiger partial charge in [-0.05, 0) is 30.2 Å². The summed E-state index contributed by atoms with van der Waals surface area (Å²) in [7, 11) is 0. The van der Waals surface area contributed by atoms with Gasteiger partial charge in [-0.25, -0.2) is 9.97 Å². The number of rotatable bonds is 2. The molecule has 0 unspecified atom stereocenters. The summed E-state index contributed by atoms with van der Waals surface area (Å²) in [6.07, 6.45) is 0. The summed E-state index contributed by atoms with van der Waals surface area (Å²) in [6.45, 7) is 1.82. The number of hydrogen-bond acceptors (Lipinski definition) is 3. The molecule has 0 aliphatic carbocycles. The molecule has 2 rings (SSSR count). The number of aryl methyl sites for hydroxylation is 1. The maximum absolute atomic E-state index is 12.1. The summed E-state index contributed by atoms with van der Waals surface area (Å²) in [5.41, 5.74) is 1.17. The van der Waals surface area contributed by atoms with Crippen molar-refractivity contribution in [3.63, 3.8) is 0 Å². The van der Waals surface area contributed by atoms with Gasteiger partial charge in [0.05, 0.1) is 10.6 Å². The molecule has 1 amide bonds. The minimum atomic E-state index is -0.389. The van der Waals surface area contributed by atoms with Crippen LogP contribution >= 0.6 is 34.8 Å². The molecule has 7 heteroatoms. The predicted molar refractivity (Wildman–Crippen MR) is 76.2 cm³/mol. The van der Waals surface area contributed by atoms with Gasteiger partial charge in [0.2, 0.25) is 5.28 Å². The van der Waals surface area contributed by atoms with Crippen LogP contribution in [0.4, 0.5) is 5.82 Å². The Morgan fingerprint density at radius 3 is 2.63 bits per heavy atom. The Hall–Kier alpha value is -1.36. The average molecular weight is 317 g/mol. The molecule has 0 spiro atoms. The maximum atomic E-state index is 12.1. The highest BCUT2D eigenvalue weighted by Crippen LogP contribution is 2.22. The number of aromatic nitrogens is 2. The van der Waals surface area contributed by atoms with Crippen LogP contribution in [0, 0.1) is 6.92 Å². The Bertz CT molecular complexity index is 626. The third-order valence-corrected chi connectivity index (χ3v) is 3.21. The molecule has 1 N–H and O–H groups in total. The van der Waals surface area contributed by atoms with Crippen molar-refractivity contribution >= 4 is 46.5 Å². The first-order valence-electron chi connectivity index (χ1n) is 5.24. The fraction of sp³-hybridized carbons (Fsp3) is 0.0833. The van der Waals surface area contributed by atoms with E-state index in [0.29, 0.717) is 10.6 Å². The van der Waals surface area contributed by atoms with Crippen molar-refractivity contribution in [3.8, 4) is 0 Å². The number of hydrogen-bond donors (Lipinski definition) is 1. The molecule has 2 aromatic rings. The summed E-state index contributed by atoms with van der Waals surface area (Å²) in [6, 6.07) is 6.58. The SMILES string of the molecule is Cc1cccc(C(=O)Nc2cc(Cl)nc(Cl)n2)c1Cl. The number of anilines is 1. The number of nitrogens with one attached hydrogen (secondary N) is 1. The van der Waals surface area contributed by atoms with Crippen molar-refractivity contribution in [2.45, 2.75) is 6.92 Å². The summed E-state index contributed by atoms with van der Waals surface area (Å²) >= 11 is 17.4. The first kappa shape index (κ1) is 14.1. The molecule has 4 nitrogen and oxygen atoms in total. The van der Waals surface area contributed by atoms with Crippen LogP contribution in [0.3, 0.4) is 0 Å². The molecule has 1 heterocycles. The summed E-state index contributed by atoms with van der Waals surface area (Å²) in [5, 5.41) is 3.06. The average Bonchev–Trinajstić information content (AvgIpc) is 2.31. The Morgan fingerprint density at radius 2 is 1.95 bits per heavy atom. The van der Waals surface area contributed by atoms with Crippen LogP contribution in [0.2, 0.25) is 15.5 Å². The second kappa shape index (κ2) is 5.74. The lowest BCUT2D eigenvalue weighted by Crippen LogP contribution is -2.14. The van der Waals surface area contributed by atoms with Gasteiger partial charge in [0, 0.05) is 6.07 Å². The van der Waals surface area contributed by atoms with Gasteiger partial charge < -0.3 is 5.32 Å². The Morgan fingerprint density at radius 1 is 1.21 bits per heavy atom. The van der Waals surface area contributed by atoms with E-state index in [0.717, 1.165) is 5.56 Å². The monoisotopic (exact) mass is 315 g/mol. The van der Waals surface area contributed by atoms with Gasteiger partial charge in [-0.3, -0.25) is 4.79 Å². The topological polar surface area (TPSA) is 54.9 Å². The van der Waals surface area contributed by atoms with E-state index in [2.05, 4.69) is 15.3 Å². The second-order valence-electron chi connectivity index (χ2n) is 3.74. The first-order chi connectivity index (χ1) is 8.97. The van der Waals surface area contributed by atoms with Crippen molar-refractivity contribution in [1.82, 2.24) is 9.97 Å². The number of carbonyl (C=O) groups excluding carboxylic acids is 1. The van der Waals surface area contributed by atoms with E-state index in [4.69, 9.17) is 34.8 Å². The maximum Gasteiger partial charge on any atom is 0.258 e. The molecule has 0 bridgehead atoms. The normalized spacial score (nSPS) is 10.3. The standard InChI is InChI=1S/C12H8Cl3N3O/c1-6-3-2-4-7(10(6)14)11(19)17-9-5-8(13)16-12(15)18-9/h2-5H,1H3,(H,16,17,18,19). The summed E-state index contributed by atoms with van der Waals surface area (Å²) in [4.78, 5) is 19.6. The van der Waals surface area contributed by atoms with Gasteiger partial charge in [0.15, 0.2) is 0 Å². The summed E-state index contributed by atoms with van der Waals surface area (Å²) < 4.78 is 0. The lowest BCUT2D eigenvalue weighted by atomic mass is 10.1. The van der Waals surface area contributed by atoms with Crippen molar-refractivity contribution in [2.75, 3.05) is 5.32 Å². The van der Waals surface area contributed by atoms with Gasteiger partial charge >= 0.3 is 0 Å². The number of benzene rings is 1. The molecule has 0 radical (unpaired) electrons. The van der Waals surface area contributed by atoms with Gasteiger partial charge in [-0.2, -0.15) is 0 Å². The molecular formula is C12H8Cl3N3O. The van der Waals surface area contributed by atoms with Gasteiger partial charge in [-0.1, -0.05) is 35.3 Å². The molecule has 1 aromatic heterocycles. The molecule has 0 saturated carbocycles. The molecule has 0 aliphatic heterocycles. The highest BCUT2D eigenvalue weighted by Gasteiger charge is 2.13. The van der Waals surface area contributed by atoms with E-state index in [-0.39, 0.29) is 22.2 Å². The molecule has 0 aliphatic rings. The Labute approximate surface area is 124 Å². The number of amides is 1. The zero-order valence-corrected chi connectivity index (χ0v) is 12.0. The molecule has 1 aromatic carbocycles. The predicted octanol–water partition coefficient (Wildman–Crippen LogP) is 4.00. The largest absolute Gasteiger partial charge is 0.306 e. The van der Waals surface area contributed by atoms with Gasteiger partial charge in [0.25, 0.3) is 5.91 Å². The fourth-order valence-electron chi connectivity index (χ4n) is 1.46. The van der Waals surface area contributed by atoms with E-state index in [1.54, 1.807) is 12.1 Å². The molecule has 0 atom stereocenters. The van der Waals surface area contributed by atoms with E-state index >= 15 is 0 Å². The lowest BCUT2D eigenvalue weighted by Gasteiger charge is -2.07. The molecular weight excluding hydrogens is 309 g/mol. The quantitative estimate of drug-likeness (QED) is 0.673. The molecule has 98 valence electrons. The third-order valence-electron chi connectivity index (χ3n) is 2.35. The minimum absolute atomic E-state index is 0.0434. The number of nitrogens with zero attached hydrogens (tertiary/aromatic N) is 2. The van der Waals surface area contributed by atoms with E-state index < -0.39 is 0 Å². The van der Waals surface area contributed by atoms with Crippen molar-refractivity contribution in [1.29, 1.82) is 0 Å². The summed E-state index contributed by atoms with van der Waals surface area (Å²) in [5.74, 6) is -0.174. The van der Waals surface area contributed by atoms with Crippen LogP contribution in [0.1, 0.15) is 15.9 Å². The Balaban J connectivity index is 2.28. The Kier molecular flexibility index (Phi) is 4.24. The van der Waals surface area contributed by atoms with Crippen molar-refractivity contribution in [2.24, 2.45) is 0 Å². The minimum Gasteiger partial charge on any atom is -0.306 e. The zero-order chi connectivity index (χ0) is 14.0. The van der Waals surface area contributed by atoms with E-state index in [1.807, 2.05) is 13.0 Å². The van der Waals surface area contributed by atoms with Crippen LogP contribution in [0.15, 0.2) is 24.3 Å². The van der Waals surface area contributed by atoms with Crippen LogP contribution in [0.5, 0.6) is 0 Å². The smallest absolute Gasteiger partial charge is 0.258 e. The lowest BCUT2D eigenvalue weighted by molar-refractivity contribution is 0.102. The molecule has 19 heavy (non-hydrogen) atoms. The fourth-order valence-corrected chi connectivity index (χ4v) is 2.08. The molecule has 0 fully saturated rings. The number of halogens is 3.